The quantitative estimate of drug-likeness (QED) is 0.261. The number of nitrogens with one attached hydrogen (secondary N) is 1. The summed E-state index contributed by atoms with van der Waals surface area (Å²) in [5.74, 6) is -1.44. The van der Waals surface area contributed by atoms with Gasteiger partial charge in [0.2, 0.25) is 10.0 Å². The molecule has 0 spiro atoms. The van der Waals surface area contributed by atoms with E-state index in [1.54, 1.807) is 24.3 Å². The van der Waals surface area contributed by atoms with Crippen molar-refractivity contribution in [3.63, 3.8) is 0 Å². The third-order valence-corrected chi connectivity index (χ3v) is 9.26. The number of sulfonamides is 1. The van der Waals surface area contributed by atoms with E-state index >= 15 is 0 Å². The molecule has 220 valence electrons. The fourth-order valence-electron chi connectivity index (χ4n) is 5.84. The summed E-state index contributed by atoms with van der Waals surface area (Å²) in [5, 5.41) is 3.13. The number of hydrogen-bond acceptors (Lipinski definition) is 5. The van der Waals surface area contributed by atoms with Crippen LogP contribution in [0.3, 0.4) is 0 Å². The number of carbonyl (C=O) groups is 2. The first-order valence-electron chi connectivity index (χ1n) is 13.8. The van der Waals surface area contributed by atoms with Crippen LogP contribution in [0.1, 0.15) is 53.1 Å². The van der Waals surface area contributed by atoms with Crippen molar-refractivity contribution < 1.29 is 31.2 Å². The van der Waals surface area contributed by atoms with Crippen molar-refractivity contribution in [1.29, 1.82) is 0 Å². The molecule has 1 aliphatic carbocycles. The Hall–Kier alpha value is -4.05. The van der Waals surface area contributed by atoms with E-state index in [1.165, 1.54) is 54.8 Å². The summed E-state index contributed by atoms with van der Waals surface area (Å²) in [6.45, 7) is 0. The lowest BCUT2D eigenvalue weighted by Crippen LogP contribution is -2.28. The van der Waals surface area contributed by atoms with Gasteiger partial charge in [0, 0.05) is 43.5 Å². The van der Waals surface area contributed by atoms with E-state index in [0.29, 0.717) is 46.2 Å². The Bertz CT molecular complexity index is 1770. The summed E-state index contributed by atoms with van der Waals surface area (Å²) in [5.41, 5.74) is 2.75. The lowest BCUT2D eigenvalue weighted by Gasteiger charge is -2.31. The first-order chi connectivity index (χ1) is 20.0. The Kier molecular flexibility index (Phi) is 8.19. The Morgan fingerprint density at radius 3 is 2.43 bits per heavy atom. The van der Waals surface area contributed by atoms with Crippen LogP contribution in [0.2, 0.25) is 0 Å². The van der Waals surface area contributed by atoms with Crippen LogP contribution in [0.25, 0.3) is 22.3 Å². The zero-order valence-electron chi connectivity index (χ0n) is 23.6. The first-order valence-corrected chi connectivity index (χ1v) is 15.6. The van der Waals surface area contributed by atoms with Gasteiger partial charge in [-0.05, 0) is 78.8 Å². The average Bonchev–Trinajstić information content (AvgIpc) is 3.34. The molecule has 1 aliphatic rings. The monoisotopic (exact) mass is 594 g/mol. The number of halogens is 2. The van der Waals surface area contributed by atoms with Crippen LogP contribution in [-0.4, -0.2) is 40.5 Å². The normalized spacial score (nSPS) is 17.3. The van der Waals surface area contributed by atoms with Crippen molar-refractivity contribution >= 4 is 38.4 Å². The highest BCUT2D eigenvalue weighted by atomic mass is 32.2. The molecule has 1 amide bonds. The largest absolute Gasteiger partial charge is 0.455 e. The average molecular weight is 595 g/mol. The van der Waals surface area contributed by atoms with Gasteiger partial charge in [-0.25, -0.2) is 17.2 Å². The summed E-state index contributed by atoms with van der Waals surface area (Å²) < 4.78 is 60.1. The number of furan rings is 1. The minimum absolute atomic E-state index is 0.0114. The molecule has 1 saturated carbocycles. The van der Waals surface area contributed by atoms with E-state index in [0.717, 1.165) is 19.1 Å². The molecule has 10 heteroatoms. The third-order valence-electron chi connectivity index (χ3n) is 8.07. The van der Waals surface area contributed by atoms with Crippen molar-refractivity contribution in [2.45, 2.75) is 38.0 Å². The Labute approximate surface area is 243 Å². The van der Waals surface area contributed by atoms with Crippen LogP contribution >= 0.6 is 0 Å². The smallest absolute Gasteiger partial charge is 0.255 e. The fraction of sp³-hybridized carbons (Fsp3) is 0.312. The number of benzene rings is 3. The molecule has 7 nitrogen and oxygen atoms in total. The van der Waals surface area contributed by atoms with Gasteiger partial charge in [0.05, 0.1) is 17.5 Å². The molecule has 5 rings (SSSR count). The summed E-state index contributed by atoms with van der Waals surface area (Å²) in [4.78, 5) is 26.4. The molecule has 0 saturated heterocycles. The van der Waals surface area contributed by atoms with Gasteiger partial charge in [-0.1, -0.05) is 18.6 Å². The molecule has 3 aromatic carbocycles. The van der Waals surface area contributed by atoms with Crippen LogP contribution in [0.15, 0.2) is 65.1 Å². The minimum Gasteiger partial charge on any atom is -0.455 e. The topological polar surface area (TPSA) is 96.7 Å². The van der Waals surface area contributed by atoms with Crippen LogP contribution in [0.5, 0.6) is 0 Å². The molecule has 1 unspecified atom stereocenters. The lowest BCUT2D eigenvalue weighted by atomic mass is 9.75. The molecule has 1 N–H and O–H groups in total. The Balaban J connectivity index is 1.60. The summed E-state index contributed by atoms with van der Waals surface area (Å²) in [6, 6.07) is 15.0. The number of Topliss-reactive ketones (excluding diaryl/α,β-unsaturated/α-hetero) is 1. The predicted molar refractivity (Wildman–Crippen MR) is 158 cm³/mol. The second-order valence-electron chi connectivity index (χ2n) is 10.9. The molecular formula is C32H32F2N2O5S. The summed E-state index contributed by atoms with van der Waals surface area (Å²) in [6.07, 6.45) is 3.87. The molecule has 1 fully saturated rings. The number of amides is 1. The molecule has 4 aromatic rings. The van der Waals surface area contributed by atoms with Crippen molar-refractivity contribution in [3.05, 3.63) is 89.0 Å². The Morgan fingerprint density at radius 1 is 1.02 bits per heavy atom. The molecule has 0 radical (unpaired) electrons. The van der Waals surface area contributed by atoms with Crippen LogP contribution in [-0.2, 0) is 21.2 Å². The highest BCUT2D eigenvalue weighted by molar-refractivity contribution is 7.92. The van der Waals surface area contributed by atoms with Crippen molar-refractivity contribution in [3.8, 4) is 11.3 Å². The highest BCUT2D eigenvalue weighted by Crippen LogP contribution is 2.45. The molecule has 42 heavy (non-hydrogen) atoms. The number of fused-ring (bicyclic) bond motifs is 1. The molecular weight excluding hydrogens is 562 g/mol. The molecule has 0 aliphatic heterocycles. The maximum atomic E-state index is 13.7. The van der Waals surface area contributed by atoms with E-state index in [-0.39, 0.29) is 35.4 Å². The van der Waals surface area contributed by atoms with Crippen LogP contribution in [0, 0.1) is 17.6 Å². The van der Waals surface area contributed by atoms with Crippen molar-refractivity contribution in [2.75, 3.05) is 24.7 Å². The van der Waals surface area contributed by atoms with E-state index < -0.39 is 27.6 Å². The van der Waals surface area contributed by atoms with E-state index in [9.17, 15) is 26.8 Å². The standard InChI is InChI=1S/C32H32F2N2O5S/c1-35-32(38)30-26-17-25(21-7-5-8-22(16-21)28(37)15-19-6-4-9-24(34)14-19)27(36(2)42(3,39)40)18-29(26)41-31(30)20-10-12-23(33)13-11-20/h4,6,9-14,17-18,21-22H,5,7-8,15-16H2,1-3H3,(H,35,38)/t21-,22?/m0/s1. The molecule has 2 atom stereocenters. The van der Waals surface area contributed by atoms with Crippen molar-refractivity contribution in [1.82, 2.24) is 5.32 Å². The van der Waals surface area contributed by atoms with Gasteiger partial charge in [0.25, 0.3) is 5.91 Å². The van der Waals surface area contributed by atoms with E-state index in [4.69, 9.17) is 4.42 Å². The van der Waals surface area contributed by atoms with Gasteiger partial charge in [0.1, 0.15) is 28.8 Å². The SMILES string of the molecule is CNC(=O)c1c(-c2ccc(F)cc2)oc2cc(N(C)S(C)(=O)=O)c([C@H]3CCCC(C(=O)Cc4cccc(F)c4)C3)cc12. The maximum absolute atomic E-state index is 13.7. The van der Waals surface area contributed by atoms with E-state index in [1.807, 2.05) is 0 Å². The van der Waals surface area contributed by atoms with Crippen LogP contribution in [0.4, 0.5) is 14.5 Å². The number of nitrogens with zero attached hydrogens (tertiary/aromatic N) is 1. The zero-order valence-corrected chi connectivity index (χ0v) is 24.4. The van der Waals surface area contributed by atoms with Crippen molar-refractivity contribution in [2.24, 2.45) is 5.92 Å². The van der Waals surface area contributed by atoms with Gasteiger partial charge in [0.15, 0.2) is 0 Å². The van der Waals surface area contributed by atoms with E-state index in [2.05, 4.69) is 5.32 Å². The highest BCUT2D eigenvalue weighted by Gasteiger charge is 2.32. The molecule has 1 heterocycles. The zero-order chi connectivity index (χ0) is 30.2. The molecule has 1 aromatic heterocycles. The molecule has 0 bridgehead atoms. The minimum atomic E-state index is -3.67. The summed E-state index contributed by atoms with van der Waals surface area (Å²) >= 11 is 0. The number of rotatable bonds is 8. The number of ketones is 1. The maximum Gasteiger partial charge on any atom is 0.255 e. The van der Waals surface area contributed by atoms with Gasteiger partial charge in [-0.3, -0.25) is 13.9 Å². The second kappa shape index (κ2) is 11.7. The number of anilines is 1. The third kappa shape index (κ3) is 5.94. The second-order valence-corrected chi connectivity index (χ2v) is 12.9. The van der Waals surface area contributed by atoms with Gasteiger partial charge >= 0.3 is 0 Å². The number of carbonyl (C=O) groups excluding carboxylic acids is 2. The van der Waals surface area contributed by atoms with Crippen LogP contribution < -0.4 is 9.62 Å². The Morgan fingerprint density at radius 2 is 1.76 bits per heavy atom. The predicted octanol–water partition coefficient (Wildman–Crippen LogP) is 6.22. The first kappa shape index (κ1) is 29.4. The number of hydrogen-bond donors (Lipinski definition) is 1. The van der Waals surface area contributed by atoms with Gasteiger partial charge in [-0.2, -0.15) is 0 Å². The summed E-state index contributed by atoms with van der Waals surface area (Å²) in [7, 11) is -0.718. The van der Waals surface area contributed by atoms with Gasteiger partial charge in [-0.15, -0.1) is 0 Å². The van der Waals surface area contributed by atoms with Gasteiger partial charge < -0.3 is 9.73 Å². The fourth-order valence-corrected chi connectivity index (χ4v) is 6.35. The lowest BCUT2D eigenvalue weighted by molar-refractivity contribution is -0.123.